The van der Waals surface area contributed by atoms with Gasteiger partial charge in [-0.1, -0.05) is 297 Å². The summed E-state index contributed by atoms with van der Waals surface area (Å²) in [6.45, 7) is 0. The van der Waals surface area contributed by atoms with Crippen molar-refractivity contribution in [2.75, 3.05) is 0 Å². The first-order valence-electron chi connectivity index (χ1n) is 34.4. The van der Waals surface area contributed by atoms with Crippen LogP contribution in [0.2, 0.25) is 0 Å². The molecule has 0 saturated carbocycles. The Labute approximate surface area is 588 Å². The molecule has 476 valence electrons. The van der Waals surface area contributed by atoms with Gasteiger partial charge in [0.05, 0.1) is 22.1 Å². The maximum atomic E-state index is 4.97. The molecule has 8 nitrogen and oxygen atoms in total. The molecule has 4 heterocycles. The number of nitrogens with zero attached hydrogens (tertiary/aromatic N) is 8. The molecule has 0 aliphatic heterocycles. The van der Waals surface area contributed by atoms with Crippen LogP contribution in [0.25, 0.3) is 189 Å². The van der Waals surface area contributed by atoms with E-state index in [4.69, 9.17) is 29.9 Å². The molecule has 20 aromatic rings. The third kappa shape index (κ3) is 10.8. The fourth-order valence-corrected chi connectivity index (χ4v) is 14.7. The molecular formula is C94H60N8. The lowest BCUT2D eigenvalue weighted by Crippen LogP contribution is -2.00. The highest BCUT2D eigenvalue weighted by Gasteiger charge is 2.20. The van der Waals surface area contributed by atoms with E-state index >= 15 is 0 Å². The Morgan fingerprint density at radius 3 is 0.892 bits per heavy atom. The Morgan fingerprint density at radius 1 is 0.157 bits per heavy atom. The van der Waals surface area contributed by atoms with Crippen LogP contribution in [0.3, 0.4) is 0 Å². The van der Waals surface area contributed by atoms with Crippen molar-refractivity contribution in [3.8, 4) is 102 Å². The van der Waals surface area contributed by atoms with Gasteiger partial charge in [-0.2, -0.15) is 0 Å². The largest absolute Gasteiger partial charge is 0.309 e. The second-order valence-corrected chi connectivity index (χ2v) is 25.8. The van der Waals surface area contributed by atoms with E-state index in [1.165, 1.54) is 92.4 Å². The molecular weight excluding hydrogens is 1240 g/mol. The van der Waals surface area contributed by atoms with E-state index in [2.05, 4.69) is 252 Å². The number of aromatic nitrogens is 8. The minimum absolute atomic E-state index is 0.647. The first-order valence-corrected chi connectivity index (χ1v) is 34.4. The molecule has 0 saturated heterocycles. The fourth-order valence-electron chi connectivity index (χ4n) is 14.7. The quantitative estimate of drug-likeness (QED) is 0.136. The summed E-state index contributed by atoms with van der Waals surface area (Å²) in [6.07, 6.45) is 0. The van der Waals surface area contributed by atoms with Crippen molar-refractivity contribution < 1.29 is 0 Å². The summed E-state index contributed by atoms with van der Waals surface area (Å²) in [5.74, 6) is 3.93. The van der Waals surface area contributed by atoms with Gasteiger partial charge in [-0.05, 0) is 132 Å². The highest BCUT2D eigenvalue weighted by atomic mass is 15.0. The van der Waals surface area contributed by atoms with Crippen LogP contribution in [0.5, 0.6) is 0 Å². The SMILES string of the molecule is c1ccc(-c2nc(-c3ccccc3)nc(-c3ccc(-c4ccc5c(ccc6c5c5ccccc5n6-c5ccc6ccccc6c5)c4)cc3)n2)cc1.c1ccc(-c2nc(-c3ccccc3)nc(-c3cccc(-c4ccc5c(ccc6c5c5ccccc5n6-c5ccc6ccccc6c5)c4)c3)n2)cc1. The molecule has 0 aliphatic carbocycles. The Hall–Kier alpha value is -13.8. The van der Waals surface area contributed by atoms with Crippen molar-refractivity contribution in [2.45, 2.75) is 0 Å². The van der Waals surface area contributed by atoms with Crippen LogP contribution in [0, 0.1) is 0 Å². The Bertz CT molecular complexity index is 6490. The van der Waals surface area contributed by atoms with Crippen LogP contribution in [-0.2, 0) is 0 Å². The van der Waals surface area contributed by atoms with Crippen molar-refractivity contribution in [1.29, 1.82) is 0 Å². The maximum absolute atomic E-state index is 4.97. The van der Waals surface area contributed by atoms with E-state index in [0.717, 1.165) is 61.3 Å². The fraction of sp³-hybridized carbons (Fsp3) is 0. The number of hydrogen-bond donors (Lipinski definition) is 0. The smallest absolute Gasteiger partial charge is 0.164 e. The topological polar surface area (TPSA) is 87.2 Å². The van der Waals surface area contributed by atoms with Crippen LogP contribution >= 0.6 is 0 Å². The van der Waals surface area contributed by atoms with Crippen molar-refractivity contribution in [3.63, 3.8) is 0 Å². The van der Waals surface area contributed by atoms with Gasteiger partial charge in [0.25, 0.3) is 0 Å². The van der Waals surface area contributed by atoms with E-state index in [0.29, 0.717) is 34.9 Å². The number of para-hydroxylation sites is 2. The van der Waals surface area contributed by atoms with Gasteiger partial charge in [0, 0.05) is 66.3 Å². The molecule has 0 atom stereocenters. The van der Waals surface area contributed by atoms with Gasteiger partial charge in [-0.15, -0.1) is 0 Å². The minimum Gasteiger partial charge on any atom is -0.309 e. The Kier molecular flexibility index (Phi) is 14.7. The average Bonchev–Trinajstić information content (AvgIpc) is 1.57. The van der Waals surface area contributed by atoms with E-state index in [-0.39, 0.29) is 0 Å². The standard InChI is InChI=1S/2C47H30N4/c1-3-13-32(14-4-1)45-48-46(33-15-5-2-6-16-33)50-47(49-45)38-19-11-18-34(29-38)36-23-26-40-37(28-36)24-27-43-44(40)41-20-9-10-21-42(41)51(43)39-25-22-31-12-7-8-17-35(31)30-39;1-3-12-33(13-4-1)45-48-46(34-14-5-2-6-15-34)50-47(49-45)35-21-19-32(20-22-35)37-24-27-40-38(29-37)25-28-43-44(40)41-17-9-10-18-42(41)51(43)39-26-23-31-11-7-8-16-36(31)30-39/h2*1-30H. The van der Waals surface area contributed by atoms with Crippen molar-refractivity contribution in [3.05, 3.63) is 364 Å². The summed E-state index contributed by atoms with van der Waals surface area (Å²) < 4.78 is 4.80. The molecule has 0 radical (unpaired) electrons. The molecule has 0 spiro atoms. The highest BCUT2D eigenvalue weighted by molar-refractivity contribution is 6.23. The molecule has 0 N–H and O–H groups in total. The summed E-state index contributed by atoms with van der Waals surface area (Å²) in [7, 11) is 0. The van der Waals surface area contributed by atoms with Crippen molar-refractivity contribution in [1.82, 2.24) is 39.0 Å². The third-order valence-electron chi connectivity index (χ3n) is 19.6. The average molecular weight is 1300 g/mol. The summed E-state index contributed by atoms with van der Waals surface area (Å²) in [5.41, 5.74) is 17.4. The van der Waals surface area contributed by atoms with Gasteiger partial charge in [0.2, 0.25) is 0 Å². The first-order chi connectivity index (χ1) is 50.5. The van der Waals surface area contributed by atoms with Crippen LogP contribution in [0.1, 0.15) is 0 Å². The third-order valence-corrected chi connectivity index (χ3v) is 19.6. The molecule has 0 fully saturated rings. The zero-order chi connectivity index (χ0) is 67.5. The summed E-state index contributed by atoms with van der Waals surface area (Å²) in [5, 5.41) is 14.9. The van der Waals surface area contributed by atoms with Crippen molar-refractivity contribution in [2.24, 2.45) is 0 Å². The van der Waals surface area contributed by atoms with E-state index in [1.807, 2.05) is 121 Å². The number of rotatable bonds is 10. The Balaban J connectivity index is 0.000000141. The van der Waals surface area contributed by atoms with E-state index < -0.39 is 0 Å². The number of fused-ring (bicyclic) bond motifs is 12. The molecule has 102 heavy (non-hydrogen) atoms. The molecule has 4 aromatic heterocycles. The monoisotopic (exact) mass is 1300 g/mol. The van der Waals surface area contributed by atoms with Gasteiger partial charge in [0.1, 0.15) is 0 Å². The second-order valence-electron chi connectivity index (χ2n) is 25.8. The van der Waals surface area contributed by atoms with Crippen LogP contribution in [0.4, 0.5) is 0 Å². The summed E-state index contributed by atoms with van der Waals surface area (Å²) in [4.78, 5) is 29.5. The van der Waals surface area contributed by atoms with Crippen molar-refractivity contribution >= 4 is 86.7 Å². The molecule has 0 unspecified atom stereocenters. The molecule has 0 amide bonds. The highest BCUT2D eigenvalue weighted by Crippen LogP contribution is 2.42. The normalized spacial score (nSPS) is 11.5. The molecule has 0 aliphatic rings. The lowest BCUT2D eigenvalue weighted by Gasteiger charge is -2.11. The lowest BCUT2D eigenvalue weighted by atomic mass is 9.97. The molecule has 0 bridgehead atoms. The molecule has 8 heteroatoms. The van der Waals surface area contributed by atoms with E-state index in [9.17, 15) is 0 Å². The van der Waals surface area contributed by atoms with Gasteiger partial charge < -0.3 is 9.13 Å². The molecule has 16 aromatic carbocycles. The zero-order valence-corrected chi connectivity index (χ0v) is 55.2. The predicted octanol–water partition coefficient (Wildman–Crippen LogP) is 23.9. The van der Waals surface area contributed by atoms with Crippen LogP contribution < -0.4 is 0 Å². The lowest BCUT2D eigenvalue weighted by molar-refractivity contribution is 1.07. The summed E-state index contributed by atoms with van der Waals surface area (Å²) >= 11 is 0. The number of benzene rings is 16. The van der Waals surface area contributed by atoms with Crippen LogP contribution in [-0.4, -0.2) is 39.0 Å². The molecule has 20 rings (SSSR count). The minimum atomic E-state index is 0.647. The van der Waals surface area contributed by atoms with Gasteiger partial charge in [-0.3, -0.25) is 0 Å². The van der Waals surface area contributed by atoms with Gasteiger partial charge in [-0.25, -0.2) is 29.9 Å². The Morgan fingerprint density at radius 2 is 0.461 bits per heavy atom. The van der Waals surface area contributed by atoms with Crippen LogP contribution in [0.15, 0.2) is 364 Å². The second kappa shape index (κ2) is 25.2. The summed E-state index contributed by atoms with van der Waals surface area (Å²) in [6, 6.07) is 128. The number of hydrogen-bond acceptors (Lipinski definition) is 6. The first kappa shape index (κ1) is 59.4. The van der Waals surface area contributed by atoms with E-state index in [1.54, 1.807) is 0 Å². The zero-order valence-electron chi connectivity index (χ0n) is 55.2. The van der Waals surface area contributed by atoms with Gasteiger partial charge >= 0.3 is 0 Å². The maximum Gasteiger partial charge on any atom is 0.164 e. The predicted molar refractivity (Wildman–Crippen MR) is 422 cm³/mol. The van der Waals surface area contributed by atoms with Gasteiger partial charge in [0.15, 0.2) is 34.9 Å².